The fourth-order valence-corrected chi connectivity index (χ4v) is 3.03. The van der Waals surface area contributed by atoms with E-state index >= 15 is 0 Å². The van der Waals surface area contributed by atoms with Crippen LogP contribution in [0.4, 0.5) is 17.1 Å². The SMILES string of the molecule is O=C(Nc1ccc(NC(=S)NC(=O)c2ccccc2[N+](=O)[O-])cc1)c1cccc(Cl)c1. The molecular formula is C21H15ClN4O4S. The molecule has 0 bridgehead atoms. The highest BCUT2D eigenvalue weighted by Crippen LogP contribution is 2.18. The number of benzene rings is 3. The zero-order valence-corrected chi connectivity index (χ0v) is 17.4. The van der Waals surface area contributed by atoms with Crippen LogP contribution in [0.15, 0.2) is 72.8 Å². The monoisotopic (exact) mass is 454 g/mol. The van der Waals surface area contributed by atoms with Gasteiger partial charge in [-0.2, -0.15) is 0 Å². The normalized spacial score (nSPS) is 10.1. The Morgan fingerprint density at radius 3 is 2.16 bits per heavy atom. The summed E-state index contributed by atoms with van der Waals surface area (Å²) < 4.78 is 0. The van der Waals surface area contributed by atoms with Gasteiger partial charge >= 0.3 is 0 Å². The van der Waals surface area contributed by atoms with Crippen molar-refractivity contribution in [3.63, 3.8) is 0 Å². The van der Waals surface area contributed by atoms with Gasteiger partial charge in [0.15, 0.2) is 5.11 Å². The summed E-state index contributed by atoms with van der Waals surface area (Å²) in [6, 6.07) is 18.7. The number of hydrogen-bond acceptors (Lipinski definition) is 5. The van der Waals surface area contributed by atoms with Gasteiger partial charge in [-0.3, -0.25) is 25.0 Å². The molecule has 3 aromatic rings. The van der Waals surface area contributed by atoms with Crippen LogP contribution in [-0.2, 0) is 0 Å². The van der Waals surface area contributed by atoms with Crippen LogP contribution >= 0.6 is 23.8 Å². The minimum Gasteiger partial charge on any atom is -0.332 e. The largest absolute Gasteiger partial charge is 0.332 e. The van der Waals surface area contributed by atoms with Crippen molar-refractivity contribution in [2.24, 2.45) is 0 Å². The van der Waals surface area contributed by atoms with Crippen molar-refractivity contribution in [1.29, 1.82) is 0 Å². The van der Waals surface area contributed by atoms with Crippen LogP contribution < -0.4 is 16.0 Å². The van der Waals surface area contributed by atoms with Crippen molar-refractivity contribution in [3.05, 3.63) is 99.1 Å². The van der Waals surface area contributed by atoms with E-state index in [-0.39, 0.29) is 22.3 Å². The van der Waals surface area contributed by atoms with Gasteiger partial charge in [0, 0.05) is 28.0 Å². The summed E-state index contributed by atoms with van der Waals surface area (Å²) in [5.41, 5.74) is 1.10. The maximum absolute atomic E-state index is 12.3. The second-order valence-corrected chi connectivity index (χ2v) is 7.07. The van der Waals surface area contributed by atoms with Gasteiger partial charge < -0.3 is 10.6 Å². The number of carbonyl (C=O) groups is 2. The summed E-state index contributed by atoms with van der Waals surface area (Å²) in [5.74, 6) is -1.01. The van der Waals surface area contributed by atoms with Crippen molar-refractivity contribution >= 4 is 57.8 Å². The van der Waals surface area contributed by atoms with Crippen molar-refractivity contribution in [2.75, 3.05) is 10.6 Å². The predicted molar refractivity (Wildman–Crippen MR) is 123 cm³/mol. The van der Waals surface area contributed by atoms with Crippen molar-refractivity contribution in [2.45, 2.75) is 0 Å². The highest BCUT2D eigenvalue weighted by molar-refractivity contribution is 7.80. The summed E-state index contributed by atoms with van der Waals surface area (Å²) in [6.07, 6.45) is 0. The van der Waals surface area contributed by atoms with Crippen LogP contribution in [0.1, 0.15) is 20.7 Å². The second kappa shape index (κ2) is 9.79. The van der Waals surface area contributed by atoms with Gasteiger partial charge in [-0.1, -0.05) is 29.8 Å². The fraction of sp³-hybridized carbons (Fsp3) is 0. The molecule has 0 saturated heterocycles. The zero-order valence-electron chi connectivity index (χ0n) is 15.8. The van der Waals surface area contributed by atoms with E-state index in [9.17, 15) is 19.7 Å². The third-order valence-corrected chi connectivity index (χ3v) is 4.50. The number of thiocarbonyl (C=S) groups is 1. The summed E-state index contributed by atoms with van der Waals surface area (Å²) in [6.45, 7) is 0. The molecule has 10 heteroatoms. The molecule has 0 radical (unpaired) electrons. The van der Waals surface area contributed by atoms with Gasteiger partial charge in [-0.25, -0.2) is 0 Å². The molecule has 0 aliphatic rings. The molecule has 0 aromatic heterocycles. The number of nitro groups is 1. The molecule has 31 heavy (non-hydrogen) atoms. The molecule has 156 valence electrons. The molecule has 0 fully saturated rings. The van der Waals surface area contributed by atoms with E-state index in [0.717, 1.165) is 0 Å². The molecule has 0 spiro atoms. The Hall–Kier alpha value is -3.82. The first-order chi connectivity index (χ1) is 14.8. The number of rotatable bonds is 5. The van der Waals surface area contributed by atoms with Crippen LogP contribution in [0.5, 0.6) is 0 Å². The van der Waals surface area contributed by atoms with Crippen LogP contribution in [0.25, 0.3) is 0 Å². The van der Waals surface area contributed by atoms with Crippen molar-refractivity contribution in [1.82, 2.24) is 5.32 Å². The van der Waals surface area contributed by atoms with E-state index in [4.69, 9.17) is 23.8 Å². The smallest absolute Gasteiger partial charge is 0.282 e. The third kappa shape index (κ3) is 5.84. The van der Waals surface area contributed by atoms with Crippen LogP contribution in [0, 0.1) is 10.1 Å². The summed E-state index contributed by atoms with van der Waals surface area (Å²) in [5, 5.41) is 19.5. The van der Waals surface area contributed by atoms with E-state index in [0.29, 0.717) is 22.0 Å². The number of nitrogens with one attached hydrogen (secondary N) is 3. The molecule has 3 aromatic carbocycles. The van der Waals surface area contributed by atoms with Gasteiger partial charge in [-0.05, 0) is 60.7 Å². The third-order valence-electron chi connectivity index (χ3n) is 4.06. The molecular weight excluding hydrogens is 440 g/mol. The number of anilines is 2. The molecule has 3 rings (SSSR count). The Bertz CT molecular complexity index is 1170. The zero-order chi connectivity index (χ0) is 22.4. The lowest BCUT2D eigenvalue weighted by Gasteiger charge is -2.11. The van der Waals surface area contributed by atoms with Gasteiger partial charge in [0.2, 0.25) is 0 Å². The minimum absolute atomic E-state index is 0.0288. The Kier molecular flexibility index (Phi) is 6.91. The molecule has 2 amide bonds. The predicted octanol–water partition coefficient (Wildman–Crippen LogP) is 4.63. The quantitative estimate of drug-likeness (QED) is 0.294. The van der Waals surface area contributed by atoms with Gasteiger partial charge in [0.1, 0.15) is 5.56 Å². The van der Waals surface area contributed by atoms with Crippen molar-refractivity contribution in [3.8, 4) is 0 Å². The van der Waals surface area contributed by atoms with Gasteiger partial charge in [-0.15, -0.1) is 0 Å². The molecule has 0 atom stereocenters. The fourth-order valence-electron chi connectivity index (χ4n) is 2.63. The maximum atomic E-state index is 12.3. The van der Waals surface area contributed by atoms with E-state index in [1.807, 2.05) is 0 Å². The van der Waals surface area contributed by atoms with Crippen LogP contribution in [0.3, 0.4) is 0 Å². The number of nitrogens with zero attached hydrogens (tertiary/aromatic N) is 1. The number of nitro benzene ring substituents is 1. The number of amides is 2. The topological polar surface area (TPSA) is 113 Å². The van der Waals surface area contributed by atoms with E-state index in [1.165, 1.54) is 24.3 Å². The molecule has 0 saturated carbocycles. The lowest BCUT2D eigenvalue weighted by atomic mass is 10.1. The maximum Gasteiger partial charge on any atom is 0.282 e. The highest BCUT2D eigenvalue weighted by Gasteiger charge is 2.19. The summed E-state index contributed by atoms with van der Waals surface area (Å²) in [7, 11) is 0. The second-order valence-electron chi connectivity index (χ2n) is 6.22. The average molecular weight is 455 g/mol. The van der Waals surface area contributed by atoms with Gasteiger partial charge in [0.25, 0.3) is 17.5 Å². The minimum atomic E-state index is -0.699. The number of carbonyl (C=O) groups excluding carboxylic acids is 2. The Morgan fingerprint density at radius 2 is 1.52 bits per heavy atom. The molecule has 0 aliphatic carbocycles. The molecule has 3 N–H and O–H groups in total. The number of para-hydroxylation sites is 1. The first kappa shape index (κ1) is 21.9. The average Bonchev–Trinajstić information content (AvgIpc) is 2.75. The number of halogens is 1. The molecule has 0 aliphatic heterocycles. The lowest BCUT2D eigenvalue weighted by molar-refractivity contribution is -0.385. The van der Waals surface area contributed by atoms with Crippen LogP contribution in [0.2, 0.25) is 5.02 Å². The summed E-state index contributed by atoms with van der Waals surface area (Å²) >= 11 is 11.0. The van der Waals surface area contributed by atoms with E-state index < -0.39 is 10.8 Å². The summed E-state index contributed by atoms with van der Waals surface area (Å²) in [4.78, 5) is 35.0. The van der Waals surface area contributed by atoms with Crippen molar-refractivity contribution < 1.29 is 14.5 Å². The Balaban J connectivity index is 1.59. The van der Waals surface area contributed by atoms with Crippen LogP contribution in [-0.4, -0.2) is 21.9 Å². The Morgan fingerprint density at radius 1 is 0.871 bits per heavy atom. The molecule has 8 nitrogen and oxygen atoms in total. The van der Waals surface area contributed by atoms with E-state index in [1.54, 1.807) is 48.5 Å². The van der Waals surface area contributed by atoms with E-state index in [2.05, 4.69) is 16.0 Å². The lowest BCUT2D eigenvalue weighted by Crippen LogP contribution is -2.34. The first-order valence-corrected chi connectivity index (χ1v) is 9.65. The first-order valence-electron chi connectivity index (χ1n) is 8.86. The number of hydrogen-bond donors (Lipinski definition) is 3. The standard InChI is InChI=1S/C21H15ClN4O4S/c22-14-5-3-4-13(12-14)19(27)23-15-8-10-16(11-9-15)24-21(31)25-20(28)17-6-1-2-7-18(17)26(29)30/h1-12H,(H,23,27)(H2,24,25,28,31). The Labute approximate surface area is 187 Å². The molecule has 0 heterocycles. The molecule has 0 unspecified atom stereocenters. The highest BCUT2D eigenvalue weighted by atomic mass is 35.5. The van der Waals surface area contributed by atoms with Gasteiger partial charge in [0.05, 0.1) is 4.92 Å².